The minimum Gasteiger partial charge on any atom is -0.435 e. The Bertz CT molecular complexity index is 608. The molecular weight excluding hydrogens is 264 g/mol. The molecule has 0 atom stereocenters. The van der Waals surface area contributed by atoms with Crippen LogP contribution in [0.1, 0.15) is 37.7 Å². The second-order valence-corrected chi connectivity index (χ2v) is 6.33. The lowest BCUT2D eigenvalue weighted by atomic mass is 10.1. The minimum absolute atomic E-state index is 0.0963. The predicted molar refractivity (Wildman–Crippen MR) is 83.6 cm³/mol. The predicted octanol–water partition coefficient (Wildman–Crippen LogP) is 3.11. The first-order chi connectivity index (χ1) is 9.76. The summed E-state index contributed by atoms with van der Waals surface area (Å²) in [5.74, 6) is 1.37. The number of aromatic nitrogens is 3. The van der Waals surface area contributed by atoms with Crippen molar-refractivity contribution in [1.82, 2.24) is 20.1 Å². The standard InChI is InChI=1S/C16H24N4O/c1-11-15(12(2)20(6)19-11)21-14-8-7-13(9-17-14)10-18-16(3,4)5/h7-9,18H,10H2,1-6H3. The molecule has 5 nitrogen and oxygen atoms in total. The molecule has 0 aliphatic carbocycles. The van der Waals surface area contributed by atoms with Crippen molar-refractivity contribution in [2.75, 3.05) is 0 Å². The van der Waals surface area contributed by atoms with E-state index in [0.29, 0.717) is 5.88 Å². The molecule has 0 saturated heterocycles. The smallest absolute Gasteiger partial charge is 0.219 e. The summed E-state index contributed by atoms with van der Waals surface area (Å²) in [7, 11) is 1.91. The van der Waals surface area contributed by atoms with E-state index in [0.717, 1.165) is 29.2 Å². The van der Waals surface area contributed by atoms with E-state index in [1.54, 1.807) is 0 Å². The third-order valence-corrected chi connectivity index (χ3v) is 3.27. The molecule has 0 saturated carbocycles. The summed E-state index contributed by atoms with van der Waals surface area (Å²) in [5.41, 5.74) is 3.10. The van der Waals surface area contributed by atoms with E-state index < -0.39 is 0 Å². The van der Waals surface area contributed by atoms with Crippen LogP contribution in [0.5, 0.6) is 11.6 Å². The number of hydrogen-bond acceptors (Lipinski definition) is 4. The molecule has 21 heavy (non-hydrogen) atoms. The molecule has 0 bridgehead atoms. The molecule has 2 aromatic rings. The van der Waals surface area contributed by atoms with Gasteiger partial charge < -0.3 is 10.1 Å². The largest absolute Gasteiger partial charge is 0.435 e. The number of nitrogens with zero attached hydrogens (tertiary/aromatic N) is 3. The molecule has 0 radical (unpaired) electrons. The van der Waals surface area contributed by atoms with Gasteiger partial charge in [-0.25, -0.2) is 4.98 Å². The second kappa shape index (κ2) is 5.85. The van der Waals surface area contributed by atoms with Crippen LogP contribution in [0.4, 0.5) is 0 Å². The van der Waals surface area contributed by atoms with Gasteiger partial charge in [-0.1, -0.05) is 6.07 Å². The van der Waals surface area contributed by atoms with Gasteiger partial charge in [0.2, 0.25) is 5.88 Å². The van der Waals surface area contributed by atoms with Crippen molar-refractivity contribution in [2.45, 2.75) is 46.7 Å². The van der Waals surface area contributed by atoms with Gasteiger partial charge in [-0.15, -0.1) is 0 Å². The van der Waals surface area contributed by atoms with Gasteiger partial charge in [-0.3, -0.25) is 4.68 Å². The molecule has 114 valence electrons. The van der Waals surface area contributed by atoms with Crippen LogP contribution in [0.2, 0.25) is 0 Å². The summed E-state index contributed by atoms with van der Waals surface area (Å²) in [6, 6.07) is 3.92. The van der Waals surface area contributed by atoms with Gasteiger partial charge in [0, 0.05) is 31.4 Å². The van der Waals surface area contributed by atoms with Crippen LogP contribution >= 0.6 is 0 Å². The van der Waals surface area contributed by atoms with E-state index in [2.05, 4.69) is 36.2 Å². The van der Waals surface area contributed by atoms with Gasteiger partial charge in [-0.2, -0.15) is 5.10 Å². The summed E-state index contributed by atoms with van der Waals surface area (Å²) < 4.78 is 7.66. The highest BCUT2D eigenvalue weighted by atomic mass is 16.5. The first kappa shape index (κ1) is 15.5. The van der Waals surface area contributed by atoms with Crippen LogP contribution in [0, 0.1) is 13.8 Å². The van der Waals surface area contributed by atoms with Crippen molar-refractivity contribution in [3.8, 4) is 11.6 Å². The van der Waals surface area contributed by atoms with Crippen LogP contribution in [0.3, 0.4) is 0 Å². The topological polar surface area (TPSA) is 52.0 Å². The number of ether oxygens (including phenoxy) is 1. The molecule has 0 amide bonds. The molecule has 0 unspecified atom stereocenters. The average Bonchev–Trinajstić information content (AvgIpc) is 2.64. The summed E-state index contributed by atoms with van der Waals surface area (Å²) in [4.78, 5) is 4.37. The summed E-state index contributed by atoms with van der Waals surface area (Å²) in [6.07, 6.45) is 1.84. The molecule has 2 heterocycles. The van der Waals surface area contributed by atoms with Gasteiger partial charge in [0.05, 0.1) is 5.69 Å². The first-order valence-electron chi connectivity index (χ1n) is 7.14. The van der Waals surface area contributed by atoms with Crippen molar-refractivity contribution in [1.29, 1.82) is 0 Å². The monoisotopic (exact) mass is 288 g/mol. The molecule has 0 spiro atoms. The zero-order valence-electron chi connectivity index (χ0n) is 13.7. The fourth-order valence-corrected chi connectivity index (χ4v) is 1.95. The maximum atomic E-state index is 5.85. The lowest BCUT2D eigenvalue weighted by Gasteiger charge is -2.20. The minimum atomic E-state index is 0.0963. The zero-order valence-corrected chi connectivity index (χ0v) is 13.7. The normalized spacial score (nSPS) is 11.7. The Labute approximate surface area is 126 Å². The quantitative estimate of drug-likeness (QED) is 0.939. The summed E-state index contributed by atoms with van der Waals surface area (Å²) >= 11 is 0. The molecule has 0 fully saturated rings. The van der Waals surface area contributed by atoms with Gasteiger partial charge in [-0.05, 0) is 40.2 Å². The maximum Gasteiger partial charge on any atom is 0.219 e. The third kappa shape index (κ3) is 4.04. The fourth-order valence-electron chi connectivity index (χ4n) is 1.95. The Morgan fingerprint density at radius 3 is 2.43 bits per heavy atom. The van der Waals surface area contributed by atoms with Crippen molar-refractivity contribution in [3.05, 3.63) is 35.3 Å². The van der Waals surface area contributed by atoms with Crippen molar-refractivity contribution >= 4 is 0 Å². The first-order valence-corrected chi connectivity index (χ1v) is 7.14. The van der Waals surface area contributed by atoms with Crippen LogP contribution in [-0.4, -0.2) is 20.3 Å². The van der Waals surface area contributed by atoms with E-state index in [1.165, 1.54) is 0 Å². The second-order valence-electron chi connectivity index (χ2n) is 6.33. The fraction of sp³-hybridized carbons (Fsp3) is 0.500. The zero-order chi connectivity index (χ0) is 15.6. The number of aryl methyl sites for hydroxylation is 2. The molecule has 0 aromatic carbocycles. The Balaban J connectivity index is 2.06. The van der Waals surface area contributed by atoms with Gasteiger partial charge in [0.15, 0.2) is 5.75 Å². The molecule has 1 N–H and O–H groups in total. The maximum absolute atomic E-state index is 5.85. The van der Waals surface area contributed by atoms with Crippen LogP contribution in [0.15, 0.2) is 18.3 Å². The molecule has 2 aromatic heterocycles. The average molecular weight is 288 g/mol. The van der Waals surface area contributed by atoms with Gasteiger partial charge in [0.1, 0.15) is 5.69 Å². The Morgan fingerprint density at radius 2 is 1.95 bits per heavy atom. The number of rotatable bonds is 4. The third-order valence-electron chi connectivity index (χ3n) is 3.27. The van der Waals surface area contributed by atoms with E-state index in [1.807, 2.05) is 43.9 Å². The van der Waals surface area contributed by atoms with Gasteiger partial charge >= 0.3 is 0 Å². The highest BCUT2D eigenvalue weighted by Crippen LogP contribution is 2.26. The van der Waals surface area contributed by atoms with Crippen LogP contribution < -0.4 is 10.1 Å². The van der Waals surface area contributed by atoms with Crippen LogP contribution in [-0.2, 0) is 13.6 Å². The summed E-state index contributed by atoms with van der Waals surface area (Å²) in [6.45, 7) is 11.1. The van der Waals surface area contributed by atoms with Gasteiger partial charge in [0.25, 0.3) is 0 Å². The van der Waals surface area contributed by atoms with Crippen molar-refractivity contribution < 1.29 is 4.74 Å². The van der Waals surface area contributed by atoms with E-state index in [4.69, 9.17) is 4.74 Å². The van der Waals surface area contributed by atoms with E-state index in [9.17, 15) is 0 Å². The lowest BCUT2D eigenvalue weighted by molar-refractivity contribution is 0.422. The SMILES string of the molecule is Cc1nn(C)c(C)c1Oc1ccc(CNC(C)(C)C)cn1. The Hall–Kier alpha value is -1.88. The highest BCUT2D eigenvalue weighted by molar-refractivity contribution is 5.35. The molecular formula is C16H24N4O. The highest BCUT2D eigenvalue weighted by Gasteiger charge is 2.12. The molecule has 2 rings (SSSR count). The van der Waals surface area contributed by atoms with E-state index in [-0.39, 0.29) is 5.54 Å². The molecule has 0 aliphatic rings. The van der Waals surface area contributed by atoms with Crippen LogP contribution in [0.25, 0.3) is 0 Å². The molecule has 5 heteroatoms. The summed E-state index contributed by atoms with van der Waals surface area (Å²) in [5, 5.41) is 7.77. The van der Waals surface area contributed by atoms with Crippen molar-refractivity contribution in [2.24, 2.45) is 7.05 Å². The number of hydrogen-bond donors (Lipinski definition) is 1. The number of pyridine rings is 1. The number of nitrogens with one attached hydrogen (secondary N) is 1. The Kier molecular flexibility index (Phi) is 4.32. The van der Waals surface area contributed by atoms with E-state index >= 15 is 0 Å². The van der Waals surface area contributed by atoms with Crippen molar-refractivity contribution in [3.63, 3.8) is 0 Å². The molecule has 0 aliphatic heterocycles. The Morgan fingerprint density at radius 1 is 1.24 bits per heavy atom. The lowest BCUT2D eigenvalue weighted by Crippen LogP contribution is -2.35.